The number of amides is 2. The van der Waals surface area contributed by atoms with Crippen LogP contribution in [0.25, 0.3) is 11.0 Å². The second kappa shape index (κ2) is 7.02. The summed E-state index contributed by atoms with van der Waals surface area (Å²) in [7, 11) is 0. The minimum absolute atomic E-state index is 0.299. The predicted octanol–water partition coefficient (Wildman–Crippen LogP) is 4.77. The number of nitrogens with one attached hydrogen (secondary N) is 2. The Bertz CT molecular complexity index is 858. The molecule has 2 N–H and O–H groups in total. The van der Waals surface area contributed by atoms with E-state index in [0.717, 1.165) is 16.5 Å². The van der Waals surface area contributed by atoms with Gasteiger partial charge in [-0.2, -0.15) is 0 Å². The number of anilines is 2. The smallest absolute Gasteiger partial charge is 0.323 e. The lowest BCUT2D eigenvalue weighted by Gasteiger charge is -2.08. The monoisotopic (exact) mass is 325 g/mol. The largest absolute Gasteiger partial charge is 0.464 e. The molecule has 0 bridgehead atoms. The van der Waals surface area contributed by atoms with Gasteiger partial charge in [-0.1, -0.05) is 12.1 Å². The van der Waals surface area contributed by atoms with Crippen molar-refractivity contribution >= 4 is 46.5 Å². The van der Waals surface area contributed by atoms with Crippen molar-refractivity contribution < 1.29 is 9.21 Å². The van der Waals surface area contributed by atoms with Crippen molar-refractivity contribution in [2.24, 2.45) is 4.40 Å². The Morgan fingerprint density at radius 1 is 1.13 bits per heavy atom. The second-order valence-electron chi connectivity index (χ2n) is 4.79. The molecule has 3 aromatic rings. The maximum atomic E-state index is 12.1. The molecule has 6 heteroatoms. The number of carbonyl (C=O) groups excluding carboxylic acids is 1. The molecule has 0 aliphatic rings. The standard InChI is InChI=1S/C17H15N3O2S/c1-23-18-11-12-3-2-4-14(9-12)19-17(21)20-15-5-6-16-13(10-15)7-8-22-16/h2-11H,1H3,(H2,19,20,21). The number of hydrogen-bond donors (Lipinski definition) is 2. The zero-order valence-electron chi connectivity index (χ0n) is 12.4. The van der Waals surface area contributed by atoms with Crippen LogP contribution in [-0.2, 0) is 0 Å². The number of carbonyl (C=O) groups is 1. The fourth-order valence-corrected chi connectivity index (χ4v) is 2.38. The first-order valence-corrected chi connectivity index (χ1v) is 8.14. The van der Waals surface area contributed by atoms with E-state index in [2.05, 4.69) is 15.0 Å². The Hall–Kier alpha value is -2.73. The summed E-state index contributed by atoms with van der Waals surface area (Å²) in [4.78, 5) is 12.1. The molecule has 0 aliphatic carbocycles. The van der Waals surface area contributed by atoms with Gasteiger partial charge >= 0.3 is 6.03 Å². The fraction of sp³-hybridized carbons (Fsp3) is 0.0588. The Morgan fingerprint density at radius 3 is 2.78 bits per heavy atom. The Morgan fingerprint density at radius 2 is 1.96 bits per heavy atom. The maximum absolute atomic E-state index is 12.1. The molecule has 116 valence electrons. The minimum atomic E-state index is -0.299. The molecular weight excluding hydrogens is 310 g/mol. The highest BCUT2D eigenvalue weighted by Gasteiger charge is 2.05. The maximum Gasteiger partial charge on any atom is 0.323 e. The third-order valence-corrected chi connectivity index (χ3v) is 3.48. The number of fused-ring (bicyclic) bond motifs is 1. The van der Waals surface area contributed by atoms with E-state index in [-0.39, 0.29) is 6.03 Å². The summed E-state index contributed by atoms with van der Waals surface area (Å²) >= 11 is 1.38. The van der Waals surface area contributed by atoms with Crippen molar-refractivity contribution in [1.29, 1.82) is 0 Å². The SMILES string of the molecule is CSN=Cc1cccc(NC(=O)Nc2ccc3occc3c2)c1. The molecule has 0 unspecified atom stereocenters. The molecule has 0 fully saturated rings. The van der Waals surface area contributed by atoms with E-state index in [9.17, 15) is 4.79 Å². The summed E-state index contributed by atoms with van der Waals surface area (Å²) in [5, 5.41) is 6.56. The van der Waals surface area contributed by atoms with Gasteiger partial charge < -0.3 is 15.1 Å². The summed E-state index contributed by atoms with van der Waals surface area (Å²) in [6.45, 7) is 0. The van der Waals surface area contributed by atoms with E-state index in [1.165, 1.54) is 11.9 Å². The lowest BCUT2D eigenvalue weighted by atomic mass is 10.2. The highest BCUT2D eigenvalue weighted by Crippen LogP contribution is 2.20. The number of rotatable bonds is 4. The molecule has 1 aromatic heterocycles. The van der Waals surface area contributed by atoms with Gasteiger partial charge in [-0.15, -0.1) is 0 Å². The van der Waals surface area contributed by atoms with Gasteiger partial charge in [-0.25, -0.2) is 9.19 Å². The van der Waals surface area contributed by atoms with Crippen LogP contribution in [0.1, 0.15) is 5.56 Å². The summed E-state index contributed by atoms with van der Waals surface area (Å²) in [6.07, 6.45) is 5.26. The highest BCUT2D eigenvalue weighted by molar-refractivity contribution is 7.97. The second-order valence-corrected chi connectivity index (χ2v) is 5.37. The van der Waals surface area contributed by atoms with Crippen LogP contribution < -0.4 is 10.6 Å². The van der Waals surface area contributed by atoms with Crippen LogP contribution in [0.5, 0.6) is 0 Å². The lowest BCUT2D eigenvalue weighted by Crippen LogP contribution is -2.19. The number of furan rings is 1. The Kier molecular flexibility index (Phi) is 4.63. The molecule has 1 heterocycles. The molecule has 2 aromatic carbocycles. The number of benzene rings is 2. The van der Waals surface area contributed by atoms with Gasteiger partial charge in [0, 0.05) is 29.2 Å². The Balaban J connectivity index is 1.67. The van der Waals surface area contributed by atoms with Gasteiger partial charge in [0.25, 0.3) is 0 Å². The molecule has 3 rings (SSSR count). The highest BCUT2D eigenvalue weighted by atomic mass is 32.2. The molecule has 0 saturated heterocycles. The van der Waals surface area contributed by atoms with Gasteiger partial charge in [0.2, 0.25) is 0 Å². The average molecular weight is 325 g/mol. The summed E-state index contributed by atoms with van der Waals surface area (Å²) < 4.78 is 9.38. The molecule has 23 heavy (non-hydrogen) atoms. The molecule has 0 spiro atoms. The average Bonchev–Trinajstić information content (AvgIpc) is 3.01. The van der Waals surface area contributed by atoms with E-state index < -0.39 is 0 Å². The van der Waals surface area contributed by atoms with Crippen molar-refractivity contribution in [3.8, 4) is 0 Å². The molecule has 2 amide bonds. The molecule has 5 nitrogen and oxygen atoms in total. The third-order valence-electron chi connectivity index (χ3n) is 3.16. The quantitative estimate of drug-likeness (QED) is 0.536. The van der Waals surface area contributed by atoms with Crippen molar-refractivity contribution in [2.45, 2.75) is 0 Å². The number of nitrogens with zero attached hydrogens (tertiary/aromatic N) is 1. The van der Waals surface area contributed by atoms with Crippen molar-refractivity contribution in [3.63, 3.8) is 0 Å². The van der Waals surface area contributed by atoms with Crippen molar-refractivity contribution in [3.05, 3.63) is 60.4 Å². The van der Waals surface area contributed by atoms with Gasteiger partial charge in [-0.3, -0.25) is 0 Å². The van der Waals surface area contributed by atoms with Crippen LogP contribution in [0.2, 0.25) is 0 Å². The van der Waals surface area contributed by atoms with E-state index >= 15 is 0 Å². The molecule has 0 atom stereocenters. The molecule has 0 saturated carbocycles. The first-order valence-electron chi connectivity index (χ1n) is 6.96. The normalized spacial score (nSPS) is 11.0. The van der Waals surface area contributed by atoms with E-state index in [1.807, 2.05) is 48.7 Å². The first kappa shape index (κ1) is 15.2. The van der Waals surface area contributed by atoms with Crippen LogP contribution in [0.3, 0.4) is 0 Å². The van der Waals surface area contributed by atoms with E-state index in [0.29, 0.717) is 11.4 Å². The summed E-state index contributed by atoms with van der Waals surface area (Å²) in [5.74, 6) is 0. The van der Waals surface area contributed by atoms with Crippen LogP contribution in [0.4, 0.5) is 16.2 Å². The van der Waals surface area contributed by atoms with Crippen molar-refractivity contribution in [1.82, 2.24) is 0 Å². The minimum Gasteiger partial charge on any atom is -0.464 e. The lowest BCUT2D eigenvalue weighted by molar-refractivity contribution is 0.262. The van der Waals surface area contributed by atoms with Crippen molar-refractivity contribution in [2.75, 3.05) is 16.9 Å². The zero-order valence-corrected chi connectivity index (χ0v) is 13.3. The van der Waals surface area contributed by atoms with Gasteiger partial charge in [0.15, 0.2) is 0 Å². The molecule has 0 aliphatic heterocycles. The van der Waals surface area contributed by atoms with E-state index in [1.54, 1.807) is 18.5 Å². The fourth-order valence-electron chi connectivity index (χ4n) is 2.15. The van der Waals surface area contributed by atoms with Gasteiger partial charge in [0.05, 0.1) is 6.26 Å². The summed E-state index contributed by atoms with van der Waals surface area (Å²) in [6, 6.07) is 14.5. The Labute approximate surface area is 137 Å². The van der Waals surface area contributed by atoms with Crippen LogP contribution >= 0.6 is 11.9 Å². The molecule has 0 radical (unpaired) electrons. The first-order chi connectivity index (χ1) is 11.2. The number of urea groups is 1. The zero-order chi connectivity index (χ0) is 16.1. The van der Waals surface area contributed by atoms with E-state index in [4.69, 9.17) is 4.42 Å². The van der Waals surface area contributed by atoms with Crippen LogP contribution in [0, 0.1) is 0 Å². The third kappa shape index (κ3) is 3.92. The molecular formula is C17H15N3O2S. The van der Waals surface area contributed by atoms with Crippen LogP contribution in [-0.4, -0.2) is 18.5 Å². The predicted molar refractivity (Wildman–Crippen MR) is 96.4 cm³/mol. The van der Waals surface area contributed by atoms with Gasteiger partial charge in [-0.05, 0) is 53.9 Å². The summed E-state index contributed by atoms with van der Waals surface area (Å²) in [5.41, 5.74) is 3.13. The number of hydrogen-bond acceptors (Lipinski definition) is 4. The topological polar surface area (TPSA) is 66.6 Å². The van der Waals surface area contributed by atoms with Gasteiger partial charge in [0.1, 0.15) is 5.58 Å². The van der Waals surface area contributed by atoms with Crippen LogP contribution in [0.15, 0.2) is 63.6 Å².